The predicted octanol–water partition coefficient (Wildman–Crippen LogP) is 3.32. The lowest BCUT2D eigenvalue weighted by molar-refractivity contribution is 0.0935. The molecule has 0 fully saturated rings. The molecule has 1 heterocycles. The van der Waals surface area contributed by atoms with Crippen molar-refractivity contribution in [3.05, 3.63) is 52.0 Å². The predicted molar refractivity (Wildman–Crippen MR) is 87.5 cm³/mol. The van der Waals surface area contributed by atoms with E-state index in [1.54, 1.807) is 20.3 Å². The van der Waals surface area contributed by atoms with Crippen molar-refractivity contribution in [3.63, 3.8) is 0 Å². The van der Waals surface area contributed by atoms with E-state index < -0.39 is 0 Å². The number of methoxy groups -OCH3 is 2. The number of fused-ring (bicyclic) bond motifs is 1. The molecule has 3 rings (SSSR count). The Labute approximate surface area is 136 Å². The Hall–Kier alpha value is -2.21. The maximum Gasteiger partial charge on any atom is 0.255 e. The van der Waals surface area contributed by atoms with Crippen LogP contribution in [0.3, 0.4) is 0 Å². The first kappa shape index (κ1) is 14.7. The third-order valence-electron chi connectivity index (χ3n) is 3.56. The van der Waals surface area contributed by atoms with Gasteiger partial charge in [0.2, 0.25) is 0 Å². The third-order valence-corrected chi connectivity index (χ3v) is 4.25. The molecular formula is C16H15BrN2O3. The zero-order valence-corrected chi connectivity index (χ0v) is 13.7. The van der Waals surface area contributed by atoms with E-state index in [9.17, 15) is 4.79 Å². The molecule has 0 saturated carbocycles. The van der Waals surface area contributed by atoms with Crippen molar-refractivity contribution < 1.29 is 14.3 Å². The summed E-state index contributed by atoms with van der Waals surface area (Å²) in [6.07, 6.45) is -0.350. The highest BCUT2D eigenvalue weighted by Gasteiger charge is 2.26. The molecule has 0 unspecified atom stereocenters. The first-order valence-corrected chi connectivity index (χ1v) is 7.51. The smallest absolute Gasteiger partial charge is 0.255 e. The zero-order chi connectivity index (χ0) is 15.7. The second kappa shape index (κ2) is 5.88. The van der Waals surface area contributed by atoms with Crippen molar-refractivity contribution in [3.8, 4) is 11.5 Å². The molecule has 1 aliphatic heterocycles. The number of hydrogen-bond acceptors (Lipinski definition) is 4. The monoisotopic (exact) mass is 362 g/mol. The molecule has 2 N–H and O–H groups in total. The molecule has 0 spiro atoms. The Bertz CT molecular complexity index is 733. The quantitative estimate of drug-likeness (QED) is 0.879. The van der Waals surface area contributed by atoms with Crippen molar-refractivity contribution >= 4 is 27.5 Å². The maximum absolute atomic E-state index is 12.2. The van der Waals surface area contributed by atoms with E-state index in [4.69, 9.17) is 9.47 Å². The van der Waals surface area contributed by atoms with E-state index >= 15 is 0 Å². The molecule has 0 radical (unpaired) electrons. The van der Waals surface area contributed by atoms with Crippen LogP contribution in [0.25, 0.3) is 0 Å². The summed E-state index contributed by atoms with van der Waals surface area (Å²) < 4.78 is 11.4. The summed E-state index contributed by atoms with van der Waals surface area (Å²) in [4.78, 5) is 12.2. The molecule has 2 aromatic rings. The van der Waals surface area contributed by atoms with Gasteiger partial charge in [-0.25, -0.2) is 0 Å². The van der Waals surface area contributed by atoms with Crippen LogP contribution in [0.5, 0.6) is 11.5 Å². The lowest BCUT2D eigenvalue weighted by Gasteiger charge is -2.29. The average molecular weight is 363 g/mol. The van der Waals surface area contributed by atoms with Crippen LogP contribution < -0.4 is 20.1 Å². The molecule has 6 heteroatoms. The lowest BCUT2D eigenvalue weighted by Crippen LogP contribution is -2.38. The number of para-hydroxylation sites is 1. The first-order chi connectivity index (χ1) is 10.6. The van der Waals surface area contributed by atoms with Crippen LogP contribution in [0.15, 0.2) is 40.9 Å². The van der Waals surface area contributed by atoms with Crippen molar-refractivity contribution in [1.29, 1.82) is 0 Å². The minimum absolute atomic E-state index is 0.110. The summed E-state index contributed by atoms with van der Waals surface area (Å²) >= 11 is 3.52. The number of halogens is 1. The van der Waals surface area contributed by atoms with E-state index in [1.807, 2.05) is 30.3 Å². The van der Waals surface area contributed by atoms with E-state index in [-0.39, 0.29) is 12.1 Å². The number of rotatable bonds is 3. The Morgan fingerprint density at radius 2 is 1.73 bits per heavy atom. The highest BCUT2D eigenvalue weighted by atomic mass is 79.9. The zero-order valence-electron chi connectivity index (χ0n) is 12.1. The molecule has 0 saturated heterocycles. The van der Waals surface area contributed by atoms with E-state index in [1.165, 1.54) is 0 Å². The SMILES string of the molecule is COc1cc(Br)c([C@@H]2NC(=O)c3ccccc3N2)cc1OC. The second-order valence-corrected chi connectivity index (χ2v) is 5.68. The molecule has 0 bridgehead atoms. The number of benzene rings is 2. The summed E-state index contributed by atoms with van der Waals surface area (Å²) in [5.41, 5.74) is 2.30. The lowest BCUT2D eigenvalue weighted by atomic mass is 10.1. The second-order valence-electron chi connectivity index (χ2n) is 4.83. The van der Waals surface area contributed by atoms with Gasteiger partial charge in [0.1, 0.15) is 6.17 Å². The highest BCUT2D eigenvalue weighted by molar-refractivity contribution is 9.10. The van der Waals surface area contributed by atoms with Gasteiger partial charge >= 0.3 is 0 Å². The maximum atomic E-state index is 12.2. The minimum atomic E-state index is -0.350. The fourth-order valence-electron chi connectivity index (χ4n) is 2.45. The van der Waals surface area contributed by atoms with Gasteiger partial charge in [-0.1, -0.05) is 28.1 Å². The van der Waals surface area contributed by atoms with Gasteiger partial charge in [-0.3, -0.25) is 4.79 Å². The van der Waals surface area contributed by atoms with Crippen LogP contribution in [0.1, 0.15) is 22.1 Å². The number of hydrogen-bond donors (Lipinski definition) is 2. The normalized spacial score (nSPS) is 16.3. The summed E-state index contributed by atoms with van der Waals surface area (Å²) in [5, 5.41) is 6.26. The van der Waals surface area contributed by atoms with Crippen molar-refractivity contribution in [2.45, 2.75) is 6.17 Å². The molecular weight excluding hydrogens is 348 g/mol. The molecule has 5 nitrogen and oxygen atoms in total. The summed E-state index contributed by atoms with van der Waals surface area (Å²) in [7, 11) is 3.17. The minimum Gasteiger partial charge on any atom is -0.493 e. The van der Waals surface area contributed by atoms with Crippen LogP contribution in [0, 0.1) is 0 Å². The summed E-state index contributed by atoms with van der Waals surface area (Å²) in [5.74, 6) is 1.12. The van der Waals surface area contributed by atoms with E-state index in [0.29, 0.717) is 17.1 Å². The Morgan fingerprint density at radius 1 is 1.05 bits per heavy atom. The number of carbonyl (C=O) groups excluding carboxylic acids is 1. The molecule has 114 valence electrons. The fourth-order valence-corrected chi connectivity index (χ4v) is 3.01. The van der Waals surface area contributed by atoms with Gasteiger partial charge in [0.15, 0.2) is 11.5 Å². The molecule has 1 amide bonds. The van der Waals surface area contributed by atoms with Crippen LogP contribution >= 0.6 is 15.9 Å². The largest absolute Gasteiger partial charge is 0.493 e. The van der Waals surface area contributed by atoms with Gasteiger partial charge < -0.3 is 20.1 Å². The Morgan fingerprint density at radius 3 is 2.45 bits per heavy atom. The van der Waals surface area contributed by atoms with Crippen LogP contribution in [-0.2, 0) is 0 Å². The van der Waals surface area contributed by atoms with Gasteiger partial charge in [-0.15, -0.1) is 0 Å². The number of ether oxygens (including phenoxy) is 2. The standard InChI is InChI=1S/C16H15BrN2O3/c1-21-13-7-10(11(17)8-14(13)22-2)15-18-12-6-4-3-5-9(12)16(20)19-15/h3-8,15,18H,1-2H3,(H,19,20)/t15-/m0/s1. The molecule has 1 aliphatic rings. The fraction of sp³-hybridized carbons (Fsp3) is 0.188. The van der Waals surface area contributed by atoms with Crippen molar-refractivity contribution in [1.82, 2.24) is 5.32 Å². The van der Waals surface area contributed by atoms with Crippen LogP contribution in [0.4, 0.5) is 5.69 Å². The topological polar surface area (TPSA) is 59.6 Å². The number of amides is 1. The van der Waals surface area contributed by atoms with Crippen molar-refractivity contribution in [2.75, 3.05) is 19.5 Å². The Kier molecular flexibility index (Phi) is 3.94. The third kappa shape index (κ3) is 2.50. The first-order valence-electron chi connectivity index (χ1n) is 6.72. The number of nitrogens with one attached hydrogen (secondary N) is 2. The molecule has 0 aromatic heterocycles. The van der Waals surface area contributed by atoms with E-state index in [0.717, 1.165) is 15.7 Å². The van der Waals surface area contributed by atoms with Gasteiger partial charge in [-0.05, 0) is 24.3 Å². The molecule has 0 aliphatic carbocycles. The highest BCUT2D eigenvalue weighted by Crippen LogP contribution is 2.37. The number of anilines is 1. The molecule has 22 heavy (non-hydrogen) atoms. The number of carbonyl (C=O) groups is 1. The Balaban J connectivity index is 2.01. The van der Waals surface area contributed by atoms with Crippen LogP contribution in [-0.4, -0.2) is 20.1 Å². The van der Waals surface area contributed by atoms with E-state index in [2.05, 4.69) is 26.6 Å². The van der Waals surface area contributed by atoms with Gasteiger partial charge in [0.25, 0.3) is 5.91 Å². The average Bonchev–Trinajstić information content (AvgIpc) is 2.54. The summed E-state index contributed by atoms with van der Waals surface area (Å²) in [6.45, 7) is 0. The van der Waals surface area contributed by atoms with Crippen molar-refractivity contribution in [2.24, 2.45) is 0 Å². The van der Waals surface area contributed by atoms with Gasteiger partial charge in [0, 0.05) is 15.7 Å². The molecule has 1 atom stereocenters. The van der Waals surface area contributed by atoms with Gasteiger partial charge in [0.05, 0.1) is 19.8 Å². The van der Waals surface area contributed by atoms with Gasteiger partial charge in [-0.2, -0.15) is 0 Å². The van der Waals surface area contributed by atoms with Crippen LogP contribution in [0.2, 0.25) is 0 Å². The summed E-state index contributed by atoms with van der Waals surface area (Å²) in [6, 6.07) is 11.1. The molecule has 2 aromatic carbocycles.